The van der Waals surface area contributed by atoms with E-state index in [1.807, 2.05) is 0 Å². The second-order valence-corrected chi connectivity index (χ2v) is 6.30. The highest BCUT2D eigenvalue weighted by Gasteiger charge is 2.26. The number of amides is 1. The van der Waals surface area contributed by atoms with Crippen molar-refractivity contribution >= 4 is 5.91 Å². The molecule has 2 aromatic rings. The third-order valence-electron chi connectivity index (χ3n) is 4.60. The van der Waals surface area contributed by atoms with Gasteiger partial charge in [-0.25, -0.2) is 8.78 Å². The maximum absolute atomic E-state index is 14.5. The van der Waals surface area contributed by atoms with Crippen molar-refractivity contribution in [2.45, 2.75) is 13.3 Å². The fourth-order valence-electron chi connectivity index (χ4n) is 3.19. The van der Waals surface area contributed by atoms with E-state index in [-0.39, 0.29) is 11.7 Å². The molecule has 0 spiro atoms. The summed E-state index contributed by atoms with van der Waals surface area (Å²) in [7, 11) is 0. The smallest absolute Gasteiger partial charge is 0.253 e. The highest BCUT2D eigenvalue weighted by atomic mass is 19.1. The van der Waals surface area contributed by atoms with Crippen molar-refractivity contribution in [3.05, 3.63) is 59.2 Å². The standard InChI is InChI=1S/C19H20F2N2O/c1-12-8-15(20)3-5-16(12)17-4-2-14(9-18(17)21)19(24)23-7-6-13(10-22)11-23/h2-5,8-9,13H,6-7,10-11,22H2,1H3/t13-/m0/s1. The molecule has 1 atom stereocenters. The van der Waals surface area contributed by atoms with Crippen LogP contribution in [0.15, 0.2) is 36.4 Å². The van der Waals surface area contributed by atoms with Gasteiger partial charge < -0.3 is 10.6 Å². The normalized spacial score (nSPS) is 17.3. The summed E-state index contributed by atoms with van der Waals surface area (Å²) in [5.41, 5.74) is 7.61. The van der Waals surface area contributed by atoms with Crippen molar-refractivity contribution in [3.63, 3.8) is 0 Å². The molecule has 1 amide bonds. The molecular formula is C19H20F2N2O. The first kappa shape index (κ1) is 16.6. The van der Waals surface area contributed by atoms with E-state index in [4.69, 9.17) is 5.73 Å². The number of aryl methyl sites for hydroxylation is 1. The van der Waals surface area contributed by atoms with Gasteiger partial charge in [0, 0.05) is 24.2 Å². The largest absolute Gasteiger partial charge is 0.338 e. The summed E-state index contributed by atoms with van der Waals surface area (Å²) in [6.45, 7) is 3.56. The molecular weight excluding hydrogens is 310 g/mol. The van der Waals surface area contributed by atoms with E-state index in [9.17, 15) is 13.6 Å². The monoisotopic (exact) mass is 330 g/mol. The maximum atomic E-state index is 14.5. The highest BCUT2D eigenvalue weighted by molar-refractivity contribution is 5.95. The van der Waals surface area contributed by atoms with Gasteiger partial charge in [-0.15, -0.1) is 0 Å². The summed E-state index contributed by atoms with van der Waals surface area (Å²) < 4.78 is 27.7. The minimum atomic E-state index is -0.481. The Morgan fingerprint density at radius 2 is 1.96 bits per heavy atom. The van der Waals surface area contributed by atoms with E-state index in [0.29, 0.717) is 47.8 Å². The van der Waals surface area contributed by atoms with Crippen LogP contribution in [-0.4, -0.2) is 30.4 Å². The summed E-state index contributed by atoms with van der Waals surface area (Å²) in [5, 5.41) is 0. The lowest BCUT2D eigenvalue weighted by Gasteiger charge is -2.17. The molecule has 3 nitrogen and oxygen atoms in total. The number of carbonyl (C=O) groups is 1. The van der Waals surface area contributed by atoms with Crippen molar-refractivity contribution in [1.82, 2.24) is 4.90 Å². The van der Waals surface area contributed by atoms with E-state index in [2.05, 4.69) is 0 Å². The molecule has 126 valence electrons. The van der Waals surface area contributed by atoms with Crippen LogP contribution in [0.5, 0.6) is 0 Å². The number of nitrogens with two attached hydrogens (primary N) is 1. The number of likely N-dealkylation sites (tertiary alicyclic amines) is 1. The lowest BCUT2D eigenvalue weighted by atomic mass is 9.98. The zero-order valence-corrected chi connectivity index (χ0v) is 13.6. The molecule has 1 aliphatic heterocycles. The second-order valence-electron chi connectivity index (χ2n) is 6.30. The van der Waals surface area contributed by atoms with Gasteiger partial charge in [-0.05, 0) is 61.2 Å². The first-order valence-corrected chi connectivity index (χ1v) is 8.05. The van der Waals surface area contributed by atoms with Crippen LogP contribution >= 0.6 is 0 Å². The van der Waals surface area contributed by atoms with Crippen LogP contribution in [0.3, 0.4) is 0 Å². The fourth-order valence-corrected chi connectivity index (χ4v) is 3.19. The van der Waals surface area contributed by atoms with Crippen LogP contribution < -0.4 is 5.73 Å². The lowest BCUT2D eigenvalue weighted by molar-refractivity contribution is 0.0787. The molecule has 3 rings (SSSR count). The fraction of sp³-hybridized carbons (Fsp3) is 0.316. The number of benzene rings is 2. The first-order valence-electron chi connectivity index (χ1n) is 8.05. The van der Waals surface area contributed by atoms with E-state index >= 15 is 0 Å². The van der Waals surface area contributed by atoms with Gasteiger partial charge in [-0.3, -0.25) is 4.79 Å². The lowest BCUT2D eigenvalue weighted by Crippen LogP contribution is -2.29. The molecule has 1 fully saturated rings. The van der Waals surface area contributed by atoms with Crippen LogP contribution in [0.2, 0.25) is 0 Å². The van der Waals surface area contributed by atoms with Crippen molar-refractivity contribution < 1.29 is 13.6 Å². The Kier molecular flexibility index (Phi) is 4.62. The minimum Gasteiger partial charge on any atom is -0.338 e. The third kappa shape index (κ3) is 3.17. The Morgan fingerprint density at radius 3 is 2.58 bits per heavy atom. The van der Waals surface area contributed by atoms with Crippen molar-refractivity contribution in [2.75, 3.05) is 19.6 Å². The number of nitrogens with zero attached hydrogens (tertiary/aromatic N) is 1. The summed E-state index contributed by atoms with van der Waals surface area (Å²) >= 11 is 0. The Labute approximate surface area is 140 Å². The van der Waals surface area contributed by atoms with E-state index in [1.165, 1.54) is 18.2 Å². The number of halogens is 2. The number of hydrogen-bond donors (Lipinski definition) is 1. The molecule has 1 heterocycles. The van der Waals surface area contributed by atoms with Gasteiger partial charge in [0.05, 0.1) is 0 Å². The number of rotatable bonds is 3. The second kappa shape index (κ2) is 6.69. The van der Waals surface area contributed by atoms with Gasteiger partial charge in [0.15, 0.2) is 0 Å². The van der Waals surface area contributed by atoms with Gasteiger partial charge in [-0.2, -0.15) is 0 Å². The van der Waals surface area contributed by atoms with Gasteiger partial charge in [0.25, 0.3) is 5.91 Å². The highest BCUT2D eigenvalue weighted by Crippen LogP contribution is 2.28. The topological polar surface area (TPSA) is 46.3 Å². The average molecular weight is 330 g/mol. The predicted octanol–water partition coefficient (Wildman–Crippen LogP) is 3.36. The molecule has 0 bridgehead atoms. The molecule has 0 radical (unpaired) electrons. The van der Waals surface area contributed by atoms with Crippen LogP contribution in [-0.2, 0) is 0 Å². The molecule has 1 aliphatic rings. The Hall–Kier alpha value is -2.27. The van der Waals surface area contributed by atoms with E-state index in [0.717, 1.165) is 6.42 Å². The summed E-state index contributed by atoms with van der Waals surface area (Å²) in [6, 6.07) is 8.69. The molecule has 5 heteroatoms. The first-order chi connectivity index (χ1) is 11.5. The predicted molar refractivity (Wildman–Crippen MR) is 89.6 cm³/mol. The molecule has 0 aliphatic carbocycles. The molecule has 0 unspecified atom stereocenters. The number of hydrogen-bond acceptors (Lipinski definition) is 2. The summed E-state index contributed by atoms with van der Waals surface area (Å²) in [5.74, 6) is -0.691. The Morgan fingerprint density at radius 1 is 1.21 bits per heavy atom. The molecule has 0 saturated carbocycles. The number of carbonyl (C=O) groups excluding carboxylic acids is 1. The van der Waals surface area contributed by atoms with Crippen LogP contribution in [0.1, 0.15) is 22.3 Å². The van der Waals surface area contributed by atoms with Gasteiger partial charge in [-0.1, -0.05) is 12.1 Å². The van der Waals surface area contributed by atoms with Crippen LogP contribution in [0, 0.1) is 24.5 Å². The Bertz CT molecular complexity index is 776. The molecule has 2 aromatic carbocycles. The van der Waals surface area contributed by atoms with Gasteiger partial charge in [0.1, 0.15) is 11.6 Å². The van der Waals surface area contributed by atoms with Gasteiger partial charge >= 0.3 is 0 Å². The quantitative estimate of drug-likeness (QED) is 0.938. The van der Waals surface area contributed by atoms with Gasteiger partial charge in [0.2, 0.25) is 0 Å². The third-order valence-corrected chi connectivity index (χ3v) is 4.60. The zero-order chi connectivity index (χ0) is 17.3. The van der Waals surface area contributed by atoms with Crippen molar-refractivity contribution in [1.29, 1.82) is 0 Å². The SMILES string of the molecule is Cc1cc(F)ccc1-c1ccc(C(=O)N2CC[C@@H](CN)C2)cc1F. The molecule has 24 heavy (non-hydrogen) atoms. The van der Waals surface area contributed by atoms with Crippen LogP contribution in [0.4, 0.5) is 8.78 Å². The minimum absolute atomic E-state index is 0.174. The zero-order valence-electron chi connectivity index (χ0n) is 13.6. The van der Waals surface area contributed by atoms with Crippen molar-refractivity contribution in [3.8, 4) is 11.1 Å². The Balaban J connectivity index is 1.86. The summed E-state index contributed by atoms with van der Waals surface area (Å²) in [4.78, 5) is 14.2. The van der Waals surface area contributed by atoms with Crippen molar-refractivity contribution in [2.24, 2.45) is 11.7 Å². The van der Waals surface area contributed by atoms with Crippen LogP contribution in [0.25, 0.3) is 11.1 Å². The molecule has 0 aromatic heterocycles. The molecule has 2 N–H and O–H groups in total. The molecule has 1 saturated heterocycles. The summed E-state index contributed by atoms with van der Waals surface area (Å²) in [6.07, 6.45) is 0.886. The maximum Gasteiger partial charge on any atom is 0.253 e. The van der Waals surface area contributed by atoms with E-state index in [1.54, 1.807) is 30.0 Å². The average Bonchev–Trinajstić information content (AvgIpc) is 3.04. The van der Waals surface area contributed by atoms with E-state index < -0.39 is 5.82 Å².